The summed E-state index contributed by atoms with van der Waals surface area (Å²) in [5, 5.41) is 3.58. The van der Waals surface area contributed by atoms with E-state index in [2.05, 4.69) is 37.9 Å². The van der Waals surface area contributed by atoms with Crippen molar-refractivity contribution in [1.29, 1.82) is 0 Å². The third-order valence-electron chi connectivity index (χ3n) is 5.50. The Bertz CT molecular complexity index is 255. The molecule has 0 aromatic heterocycles. The van der Waals surface area contributed by atoms with Crippen molar-refractivity contribution < 1.29 is 0 Å². The predicted octanol–water partition coefficient (Wildman–Crippen LogP) is 3.67. The predicted molar refractivity (Wildman–Crippen MR) is 83.5 cm³/mol. The first-order chi connectivity index (χ1) is 9.02. The molecular weight excluding hydrogens is 232 g/mol. The maximum atomic E-state index is 3.58. The summed E-state index contributed by atoms with van der Waals surface area (Å²) in [4.78, 5) is 2.81. The molecule has 2 nitrogen and oxygen atoms in total. The lowest BCUT2D eigenvalue weighted by Crippen LogP contribution is -2.51. The number of likely N-dealkylation sites (N-methyl/N-ethyl adjacent to an activating group) is 1. The Balaban J connectivity index is 1.87. The lowest BCUT2D eigenvalue weighted by Gasteiger charge is -2.44. The molecule has 1 N–H and O–H groups in total. The minimum absolute atomic E-state index is 0.508. The van der Waals surface area contributed by atoms with Gasteiger partial charge in [-0.05, 0) is 62.9 Å². The van der Waals surface area contributed by atoms with Crippen LogP contribution in [0.1, 0.15) is 66.2 Å². The Morgan fingerprint density at radius 2 is 1.68 bits per heavy atom. The summed E-state index contributed by atoms with van der Waals surface area (Å²) in [5.41, 5.74) is 0.508. The normalized spacial score (nSPS) is 33.6. The second-order valence-corrected chi connectivity index (χ2v) is 7.70. The van der Waals surface area contributed by atoms with E-state index in [4.69, 9.17) is 0 Å². The van der Waals surface area contributed by atoms with Crippen molar-refractivity contribution in [3.05, 3.63) is 0 Å². The first-order valence-electron chi connectivity index (χ1n) is 8.49. The highest BCUT2D eigenvalue weighted by molar-refractivity contribution is 4.88. The summed E-state index contributed by atoms with van der Waals surface area (Å²) >= 11 is 0. The molecule has 1 saturated carbocycles. The maximum Gasteiger partial charge on any atom is 0.0223 e. The second-order valence-electron chi connectivity index (χ2n) is 7.70. The van der Waals surface area contributed by atoms with E-state index in [1.165, 1.54) is 58.2 Å². The number of rotatable bonds is 3. The lowest BCUT2D eigenvalue weighted by atomic mass is 9.71. The number of hydrogen-bond acceptors (Lipinski definition) is 2. The van der Waals surface area contributed by atoms with Crippen molar-refractivity contribution >= 4 is 0 Å². The van der Waals surface area contributed by atoms with E-state index in [9.17, 15) is 0 Å². The Hall–Kier alpha value is -0.0800. The van der Waals surface area contributed by atoms with Crippen LogP contribution in [0.2, 0.25) is 0 Å². The third kappa shape index (κ3) is 3.95. The van der Waals surface area contributed by atoms with E-state index in [1.54, 1.807) is 0 Å². The van der Waals surface area contributed by atoms with E-state index >= 15 is 0 Å². The first-order valence-corrected chi connectivity index (χ1v) is 8.49. The fourth-order valence-corrected chi connectivity index (χ4v) is 4.20. The first kappa shape index (κ1) is 15.3. The fraction of sp³-hybridized carbons (Fsp3) is 1.00. The molecule has 112 valence electrons. The van der Waals surface area contributed by atoms with Gasteiger partial charge in [0.2, 0.25) is 0 Å². The summed E-state index contributed by atoms with van der Waals surface area (Å²) < 4.78 is 0. The molecule has 2 heteroatoms. The van der Waals surface area contributed by atoms with Crippen LogP contribution in [0.4, 0.5) is 0 Å². The summed E-state index contributed by atoms with van der Waals surface area (Å²) in [7, 11) is 0. The van der Waals surface area contributed by atoms with Gasteiger partial charge in [-0.1, -0.05) is 27.7 Å². The van der Waals surface area contributed by atoms with Gasteiger partial charge in [0.15, 0.2) is 0 Å². The molecule has 1 heterocycles. The number of nitrogens with zero attached hydrogens (tertiary/aromatic N) is 1. The SMILES string of the molecule is CCN(C1CCC(C(C)(C)C)CC1)C1CCCNC1. The van der Waals surface area contributed by atoms with Gasteiger partial charge in [-0.25, -0.2) is 0 Å². The Kier molecular flexibility index (Phi) is 5.30. The highest BCUT2D eigenvalue weighted by atomic mass is 15.2. The van der Waals surface area contributed by atoms with Crippen molar-refractivity contribution in [1.82, 2.24) is 10.2 Å². The standard InChI is InChI=1S/C17H34N2/c1-5-19(16-7-6-12-18-13-16)15-10-8-14(9-11-15)17(2,3)4/h14-16,18H,5-13H2,1-4H3. The summed E-state index contributed by atoms with van der Waals surface area (Å²) in [6.45, 7) is 13.3. The maximum absolute atomic E-state index is 3.58. The van der Waals surface area contributed by atoms with Crippen molar-refractivity contribution in [3.8, 4) is 0 Å². The number of hydrogen-bond donors (Lipinski definition) is 1. The average Bonchev–Trinajstić information content (AvgIpc) is 2.40. The quantitative estimate of drug-likeness (QED) is 0.838. The minimum atomic E-state index is 0.508. The van der Waals surface area contributed by atoms with Crippen molar-refractivity contribution in [2.45, 2.75) is 78.3 Å². The monoisotopic (exact) mass is 266 g/mol. The van der Waals surface area contributed by atoms with E-state index in [-0.39, 0.29) is 0 Å². The van der Waals surface area contributed by atoms with Crippen LogP contribution in [0, 0.1) is 11.3 Å². The molecule has 1 atom stereocenters. The molecule has 0 bridgehead atoms. The zero-order chi connectivity index (χ0) is 13.9. The molecule has 1 aliphatic heterocycles. The smallest absolute Gasteiger partial charge is 0.0223 e. The van der Waals surface area contributed by atoms with Crippen LogP contribution in [0.15, 0.2) is 0 Å². The van der Waals surface area contributed by atoms with Gasteiger partial charge in [-0.2, -0.15) is 0 Å². The van der Waals surface area contributed by atoms with Gasteiger partial charge in [0.05, 0.1) is 0 Å². The molecule has 2 rings (SSSR count). The number of piperidine rings is 1. The van der Waals surface area contributed by atoms with Crippen LogP contribution in [0.5, 0.6) is 0 Å². The van der Waals surface area contributed by atoms with E-state index in [0.717, 1.165) is 18.0 Å². The van der Waals surface area contributed by atoms with Crippen molar-refractivity contribution in [2.24, 2.45) is 11.3 Å². The zero-order valence-electron chi connectivity index (χ0n) is 13.5. The van der Waals surface area contributed by atoms with Gasteiger partial charge in [-0.15, -0.1) is 0 Å². The van der Waals surface area contributed by atoms with Gasteiger partial charge < -0.3 is 5.32 Å². The zero-order valence-corrected chi connectivity index (χ0v) is 13.5. The van der Waals surface area contributed by atoms with E-state index in [1.807, 2.05) is 0 Å². The van der Waals surface area contributed by atoms with Crippen LogP contribution in [-0.2, 0) is 0 Å². The Labute approximate surface area is 120 Å². The van der Waals surface area contributed by atoms with Crippen LogP contribution in [0.25, 0.3) is 0 Å². The van der Waals surface area contributed by atoms with Gasteiger partial charge in [0.25, 0.3) is 0 Å². The van der Waals surface area contributed by atoms with E-state index in [0.29, 0.717) is 5.41 Å². The summed E-state index contributed by atoms with van der Waals surface area (Å²) in [5.74, 6) is 0.937. The molecule has 0 spiro atoms. The minimum Gasteiger partial charge on any atom is -0.315 e. The second kappa shape index (κ2) is 6.58. The van der Waals surface area contributed by atoms with Crippen molar-refractivity contribution in [2.75, 3.05) is 19.6 Å². The van der Waals surface area contributed by atoms with Gasteiger partial charge in [0, 0.05) is 18.6 Å². The van der Waals surface area contributed by atoms with Crippen LogP contribution in [0.3, 0.4) is 0 Å². The molecular formula is C17H34N2. The van der Waals surface area contributed by atoms with Gasteiger partial charge >= 0.3 is 0 Å². The van der Waals surface area contributed by atoms with Crippen LogP contribution < -0.4 is 5.32 Å². The average molecular weight is 266 g/mol. The molecule has 1 aliphatic carbocycles. The van der Waals surface area contributed by atoms with Gasteiger partial charge in [-0.3, -0.25) is 4.90 Å². The highest BCUT2D eigenvalue weighted by Gasteiger charge is 2.33. The molecule has 1 unspecified atom stereocenters. The van der Waals surface area contributed by atoms with Crippen LogP contribution >= 0.6 is 0 Å². The summed E-state index contributed by atoms with van der Waals surface area (Å²) in [6.07, 6.45) is 8.48. The summed E-state index contributed by atoms with van der Waals surface area (Å²) in [6, 6.07) is 1.66. The largest absolute Gasteiger partial charge is 0.315 e. The van der Waals surface area contributed by atoms with Gasteiger partial charge in [0.1, 0.15) is 0 Å². The number of nitrogens with one attached hydrogen (secondary N) is 1. The lowest BCUT2D eigenvalue weighted by molar-refractivity contribution is 0.0607. The molecule has 1 saturated heterocycles. The Morgan fingerprint density at radius 1 is 1.00 bits per heavy atom. The molecule has 0 aromatic carbocycles. The Morgan fingerprint density at radius 3 is 2.16 bits per heavy atom. The highest BCUT2D eigenvalue weighted by Crippen LogP contribution is 2.39. The molecule has 2 fully saturated rings. The molecule has 2 aliphatic rings. The topological polar surface area (TPSA) is 15.3 Å². The van der Waals surface area contributed by atoms with Crippen molar-refractivity contribution in [3.63, 3.8) is 0 Å². The van der Waals surface area contributed by atoms with E-state index < -0.39 is 0 Å². The molecule has 0 radical (unpaired) electrons. The molecule has 0 amide bonds. The van der Waals surface area contributed by atoms with Crippen LogP contribution in [-0.4, -0.2) is 36.6 Å². The fourth-order valence-electron chi connectivity index (χ4n) is 4.20. The molecule has 0 aromatic rings. The molecule has 19 heavy (non-hydrogen) atoms. The third-order valence-corrected chi connectivity index (χ3v) is 5.50.